The average Bonchev–Trinajstić information content (AvgIpc) is 2.79. The van der Waals surface area contributed by atoms with Crippen LogP contribution in [0.2, 0.25) is 0 Å². The molecule has 0 spiro atoms. The van der Waals surface area contributed by atoms with Crippen molar-refractivity contribution in [2.45, 2.75) is 65.1 Å². The number of hydrogen-bond donors (Lipinski definition) is 7. The van der Waals surface area contributed by atoms with E-state index >= 15 is 0 Å². The molecule has 1 aromatic carbocycles. The van der Waals surface area contributed by atoms with Gasteiger partial charge in [-0.25, -0.2) is 0 Å². The van der Waals surface area contributed by atoms with Gasteiger partial charge in [0.15, 0.2) is 5.96 Å². The van der Waals surface area contributed by atoms with Crippen molar-refractivity contribution in [1.82, 2.24) is 16.0 Å². The minimum atomic E-state index is -0.980. The first kappa shape index (κ1) is 30.3. The highest BCUT2D eigenvalue weighted by Crippen LogP contribution is 2.16. The molecule has 0 radical (unpaired) electrons. The van der Waals surface area contributed by atoms with Crippen molar-refractivity contribution in [3.05, 3.63) is 34.4 Å². The molecular weight excluding hydrogens is 468 g/mol. The van der Waals surface area contributed by atoms with Gasteiger partial charge in [-0.1, -0.05) is 27.7 Å². The first-order valence-corrected chi connectivity index (χ1v) is 11.8. The molecule has 0 bridgehead atoms. The van der Waals surface area contributed by atoms with Crippen LogP contribution in [-0.4, -0.2) is 53.3 Å². The van der Waals surface area contributed by atoms with Gasteiger partial charge in [-0.3, -0.25) is 29.9 Å². The van der Waals surface area contributed by atoms with E-state index in [1.54, 1.807) is 13.8 Å². The quantitative estimate of drug-likeness (QED) is 0.0627. The van der Waals surface area contributed by atoms with Gasteiger partial charge in [-0.15, -0.1) is 0 Å². The van der Waals surface area contributed by atoms with Crippen LogP contribution in [0.25, 0.3) is 0 Å². The highest BCUT2D eigenvalue weighted by atomic mass is 16.6. The van der Waals surface area contributed by atoms with E-state index in [0.29, 0.717) is 25.1 Å². The van der Waals surface area contributed by atoms with E-state index in [9.17, 15) is 24.5 Å². The Kier molecular flexibility index (Phi) is 12.3. The van der Waals surface area contributed by atoms with Crippen LogP contribution < -0.4 is 32.7 Å². The summed E-state index contributed by atoms with van der Waals surface area (Å²) < 4.78 is 0. The zero-order valence-corrected chi connectivity index (χ0v) is 21.2. The van der Waals surface area contributed by atoms with E-state index in [2.05, 4.69) is 21.3 Å². The Morgan fingerprint density at radius 2 is 1.58 bits per heavy atom. The van der Waals surface area contributed by atoms with E-state index in [-0.39, 0.29) is 29.9 Å². The summed E-state index contributed by atoms with van der Waals surface area (Å²) in [7, 11) is 0. The lowest BCUT2D eigenvalue weighted by Crippen LogP contribution is -2.56. The monoisotopic (exact) mass is 506 g/mol. The lowest BCUT2D eigenvalue weighted by Gasteiger charge is -2.26. The number of anilines is 1. The van der Waals surface area contributed by atoms with Gasteiger partial charge in [0.1, 0.15) is 12.1 Å². The summed E-state index contributed by atoms with van der Waals surface area (Å²) in [6.45, 7) is 7.72. The van der Waals surface area contributed by atoms with E-state index < -0.39 is 40.8 Å². The molecule has 0 saturated heterocycles. The fourth-order valence-electron chi connectivity index (χ4n) is 3.24. The van der Waals surface area contributed by atoms with Crippen LogP contribution in [0.4, 0.5) is 11.4 Å². The van der Waals surface area contributed by atoms with Gasteiger partial charge in [-0.2, -0.15) is 0 Å². The number of benzene rings is 1. The van der Waals surface area contributed by atoms with Crippen LogP contribution in [0.5, 0.6) is 0 Å². The van der Waals surface area contributed by atoms with Crippen molar-refractivity contribution in [3.8, 4) is 0 Å². The molecule has 0 saturated carbocycles. The highest BCUT2D eigenvalue weighted by Gasteiger charge is 2.29. The molecule has 0 fully saturated rings. The number of guanidine groups is 1. The van der Waals surface area contributed by atoms with Gasteiger partial charge in [-0.05, 0) is 43.2 Å². The Bertz CT molecular complexity index is 920. The van der Waals surface area contributed by atoms with E-state index in [0.717, 1.165) is 0 Å². The number of hydrogen-bond acceptors (Lipinski definition) is 7. The number of rotatable bonds is 14. The van der Waals surface area contributed by atoms with Crippen LogP contribution in [-0.2, 0) is 14.4 Å². The molecule has 1 aromatic rings. The molecule has 0 heterocycles. The number of carbonyl (C=O) groups excluding carboxylic acids is 3. The first-order chi connectivity index (χ1) is 16.8. The van der Waals surface area contributed by atoms with Gasteiger partial charge >= 0.3 is 0 Å². The Labute approximate surface area is 210 Å². The molecule has 0 aromatic heterocycles. The highest BCUT2D eigenvalue weighted by molar-refractivity contribution is 5.98. The van der Waals surface area contributed by atoms with Crippen molar-refractivity contribution in [2.75, 3.05) is 11.9 Å². The van der Waals surface area contributed by atoms with Crippen LogP contribution in [0.1, 0.15) is 47.0 Å². The largest absolute Gasteiger partial charge is 0.370 e. The van der Waals surface area contributed by atoms with E-state index in [1.807, 2.05) is 13.8 Å². The second kappa shape index (κ2) is 14.6. The van der Waals surface area contributed by atoms with Crippen LogP contribution in [0.15, 0.2) is 24.3 Å². The second-order valence-corrected chi connectivity index (χ2v) is 9.30. The van der Waals surface area contributed by atoms with Gasteiger partial charge in [0, 0.05) is 24.4 Å². The van der Waals surface area contributed by atoms with Gasteiger partial charge in [0.2, 0.25) is 17.7 Å². The SMILES string of the molecule is CC(C)C[C@H](NC(=O)[C@@H](N)C(C)C)C(=O)N[C@@H](CCCNC(=N)N)C(=O)Nc1ccc([N+](=O)[O-])cc1. The van der Waals surface area contributed by atoms with Gasteiger partial charge in [0.25, 0.3) is 5.69 Å². The molecule has 13 nitrogen and oxygen atoms in total. The standard InChI is InChI=1S/C23H38N8O5/c1-13(2)12-18(30-22(34)19(24)14(3)4)21(33)29-17(6-5-11-27-23(25)26)20(32)28-15-7-9-16(10-8-15)31(35)36/h7-10,13-14,17-19H,5-6,11-12,24H2,1-4H3,(H,28,32)(H,29,33)(H,30,34)(H4,25,26,27)/t17-,18-,19-/m0/s1. The summed E-state index contributed by atoms with van der Waals surface area (Å²) >= 11 is 0. The lowest BCUT2D eigenvalue weighted by atomic mass is 10.00. The zero-order chi connectivity index (χ0) is 27.4. The summed E-state index contributed by atoms with van der Waals surface area (Å²) in [5, 5.41) is 28.8. The molecule has 13 heteroatoms. The number of carbonyl (C=O) groups is 3. The predicted octanol–water partition coefficient (Wildman–Crippen LogP) is 0.796. The molecule has 0 aliphatic rings. The summed E-state index contributed by atoms with van der Waals surface area (Å²) in [5.74, 6) is -1.79. The molecule has 0 aliphatic carbocycles. The molecule has 3 amide bonds. The predicted molar refractivity (Wildman–Crippen MR) is 137 cm³/mol. The average molecular weight is 507 g/mol. The maximum atomic E-state index is 13.1. The number of non-ortho nitro benzene ring substituents is 1. The number of nitro groups is 1. The van der Waals surface area contributed by atoms with Crippen LogP contribution >= 0.6 is 0 Å². The molecular formula is C23H38N8O5. The number of nitrogens with two attached hydrogens (primary N) is 2. The summed E-state index contributed by atoms with van der Waals surface area (Å²) in [6, 6.07) is 2.63. The minimum Gasteiger partial charge on any atom is -0.370 e. The third-order valence-corrected chi connectivity index (χ3v) is 5.32. The second-order valence-electron chi connectivity index (χ2n) is 9.30. The summed E-state index contributed by atoms with van der Waals surface area (Å²) in [6.07, 6.45) is 0.946. The van der Waals surface area contributed by atoms with Gasteiger partial charge < -0.3 is 32.7 Å². The van der Waals surface area contributed by atoms with Crippen LogP contribution in [0, 0.1) is 27.4 Å². The number of amides is 3. The third kappa shape index (κ3) is 10.7. The maximum Gasteiger partial charge on any atom is 0.269 e. The fraction of sp³-hybridized carbons (Fsp3) is 0.565. The Morgan fingerprint density at radius 3 is 2.08 bits per heavy atom. The number of nitrogens with one attached hydrogen (secondary N) is 5. The molecule has 0 unspecified atom stereocenters. The zero-order valence-electron chi connectivity index (χ0n) is 21.2. The molecule has 9 N–H and O–H groups in total. The summed E-state index contributed by atoms with van der Waals surface area (Å²) in [5.41, 5.74) is 11.4. The number of nitro benzene ring substituents is 1. The normalized spacial score (nSPS) is 13.4. The van der Waals surface area contributed by atoms with Crippen molar-refractivity contribution in [1.29, 1.82) is 5.41 Å². The minimum absolute atomic E-state index is 0.0727. The van der Waals surface area contributed by atoms with Crippen molar-refractivity contribution in [3.63, 3.8) is 0 Å². The van der Waals surface area contributed by atoms with Crippen molar-refractivity contribution >= 4 is 35.1 Å². The lowest BCUT2D eigenvalue weighted by molar-refractivity contribution is -0.384. The van der Waals surface area contributed by atoms with Crippen molar-refractivity contribution in [2.24, 2.45) is 23.3 Å². The third-order valence-electron chi connectivity index (χ3n) is 5.32. The van der Waals surface area contributed by atoms with E-state index in [1.165, 1.54) is 24.3 Å². The first-order valence-electron chi connectivity index (χ1n) is 11.8. The smallest absolute Gasteiger partial charge is 0.269 e. The Balaban J connectivity index is 3.01. The maximum absolute atomic E-state index is 13.1. The molecule has 0 aliphatic heterocycles. The van der Waals surface area contributed by atoms with Gasteiger partial charge in [0.05, 0.1) is 11.0 Å². The molecule has 200 valence electrons. The fourth-order valence-corrected chi connectivity index (χ4v) is 3.24. The topological polar surface area (TPSA) is 218 Å². The molecule has 3 atom stereocenters. The number of nitrogens with zero attached hydrogens (tertiary/aromatic N) is 1. The summed E-state index contributed by atoms with van der Waals surface area (Å²) in [4.78, 5) is 49.0. The molecule has 1 rings (SSSR count). The van der Waals surface area contributed by atoms with Crippen LogP contribution in [0.3, 0.4) is 0 Å². The van der Waals surface area contributed by atoms with Crippen molar-refractivity contribution < 1.29 is 19.3 Å². The van der Waals surface area contributed by atoms with E-state index in [4.69, 9.17) is 16.9 Å². The Morgan fingerprint density at radius 1 is 1.00 bits per heavy atom. The Hall–Kier alpha value is -3.74. The molecule has 36 heavy (non-hydrogen) atoms.